The fourth-order valence-electron chi connectivity index (χ4n) is 4.04. The SMILES string of the molecule is COc1ccc(CN2C(=O)c3ccc(C(=O)NCc4csc(Cc5ccccc5)n4)cc3C2=O)cc1. The van der Waals surface area contributed by atoms with Crippen LogP contribution in [-0.2, 0) is 19.5 Å². The number of nitrogens with one attached hydrogen (secondary N) is 1. The number of benzene rings is 3. The average molecular weight is 498 g/mol. The number of fused-ring (bicyclic) bond motifs is 1. The van der Waals surface area contributed by atoms with Crippen LogP contribution in [0.2, 0.25) is 0 Å². The van der Waals surface area contributed by atoms with Crippen molar-refractivity contribution in [1.82, 2.24) is 15.2 Å². The van der Waals surface area contributed by atoms with Gasteiger partial charge in [0.2, 0.25) is 0 Å². The summed E-state index contributed by atoms with van der Waals surface area (Å²) in [5.74, 6) is -0.414. The molecular formula is C28H23N3O4S. The van der Waals surface area contributed by atoms with Crippen LogP contribution in [0, 0.1) is 0 Å². The van der Waals surface area contributed by atoms with E-state index in [0.29, 0.717) is 16.9 Å². The van der Waals surface area contributed by atoms with Gasteiger partial charge in [0.1, 0.15) is 5.75 Å². The number of imide groups is 1. The van der Waals surface area contributed by atoms with Crippen molar-refractivity contribution in [2.24, 2.45) is 0 Å². The zero-order chi connectivity index (χ0) is 25.1. The van der Waals surface area contributed by atoms with E-state index in [4.69, 9.17) is 4.74 Å². The highest BCUT2D eigenvalue weighted by Crippen LogP contribution is 2.26. The van der Waals surface area contributed by atoms with Crippen molar-refractivity contribution in [3.8, 4) is 5.75 Å². The van der Waals surface area contributed by atoms with Crippen LogP contribution in [0.3, 0.4) is 0 Å². The lowest BCUT2D eigenvalue weighted by Gasteiger charge is -2.14. The van der Waals surface area contributed by atoms with Crippen LogP contribution in [0.1, 0.15) is 52.9 Å². The minimum Gasteiger partial charge on any atom is -0.497 e. The molecule has 5 rings (SSSR count). The van der Waals surface area contributed by atoms with E-state index in [2.05, 4.69) is 22.4 Å². The van der Waals surface area contributed by atoms with Gasteiger partial charge in [0.25, 0.3) is 17.7 Å². The van der Waals surface area contributed by atoms with Crippen molar-refractivity contribution >= 4 is 29.1 Å². The van der Waals surface area contributed by atoms with Crippen molar-refractivity contribution in [1.29, 1.82) is 0 Å². The predicted octanol–water partition coefficient (Wildman–Crippen LogP) is 4.47. The van der Waals surface area contributed by atoms with Gasteiger partial charge >= 0.3 is 0 Å². The van der Waals surface area contributed by atoms with Gasteiger partial charge in [-0.25, -0.2) is 4.98 Å². The van der Waals surface area contributed by atoms with Crippen LogP contribution in [0.15, 0.2) is 78.2 Å². The molecule has 0 aliphatic carbocycles. The molecule has 2 heterocycles. The van der Waals surface area contributed by atoms with E-state index in [1.165, 1.54) is 16.5 Å². The maximum Gasteiger partial charge on any atom is 0.261 e. The summed E-state index contributed by atoms with van der Waals surface area (Å²) in [6, 6.07) is 21.9. The summed E-state index contributed by atoms with van der Waals surface area (Å²) in [5.41, 5.74) is 3.62. The lowest BCUT2D eigenvalue weighted by atomic mass is 10.1. The van der Waals surface area contributed by atoms with Crippen LogP contribution in [0.5, 0.6) is 5.75 Å². The van der Waals surface area contributed by atoms with Gasteiger partial charge < -0.3 is 10.1 Å². The molecule has 0 unspecified atom stereocenters. The van der Waals surface area contributed by atoms with Gasteiger partial charge in [-0.2, -0.15) is 0 Å². The van der Waals surface area contributed by atoms with Crippen LogP contribution in [0.4, 0.5) is 0 Å². The molecule has 8 heteroatoms. The van der Waals surface area contributed by atoms with Crippen molar-refractivity contribution in [2.75, 3.05) is 7.11 Å². The summed E-state index contributed by atoms with van der Waals surface area (Å²) in [7, 11) is 1.58. The third-order valence-electron chi connectivity index (χ3n) is 5.96. The van der Waals surface area contributed by atoms with Crippen LogP contribution >= 0.6 is 11.3 Å². The number of ether oxygens (including phenoxy) is 1. The predicted molar refractivity (Wildman–Crippen MR) is 136 cm³/mol. The molecule has 4 aromatic rings. The van der Waals surface area contributed by atoms with Gasteiger partial charge in [0, 0.05) is 17.4 Å². The Balaban J connectivity index is 1.23. The summed E-state index contributed by atoms with van der Waals surface area (Å²) in [5, 5.41) is 5.76. The third kappa shape index (κ3) is 4.89. The van der Waals surface area contributed by atoms with E-state index in [1.54, 1.807) is 42.7 Å². The molecule has 36 heavy (non-hydrogen) atoms. The van der Waals surface area contributed by atoms with Gasteiger partial charge in [-0.3, -0.25) is 19.3 Å². The Labute approximate surface area is 212 Å². The Morgan fingerprint density at radius 3 is 2.44 bits per heavy atom. The number of hydrogen-bond acceptors (Lipinski definition) is 6. The fraction of sp³-hybridized carbons (Fsp3) is 0.143. The maximum atomic E-state index is 13.0. The Morgan fingerprint density at radius 1 is 0.944 bits per heavy atom. The molecule has 1 aliphatic rings. The van der Waals surface area contributed by atoms with Gasteiger partial charge in [0.15, 0.2) is 0 Å². The number of methoxy groups -OCH3 is 1. The highest BCUT2D eigenvalue weighted by Gasteiger charge is 2.36. The highest BCUT2D eigenvalue weighted by atomic mass is 32.1. The highest BCUT2D eigenvalue weighted by molar-refractivity contribution is 7.09. The van der Waals surface area contributed by atoms with Gasteiger partial charge in [-0.1, -0.05) is 42.5 Å². The number of carbonyl (C=O) groups excluding carboxylic acids is 3. The van der Waals surface area contributed by atoms with Gasteiger partial charge in [-0.05, 0) is 41.5 Å². The van der Waals surface area contributed by atoms with Crippen molar-refractivity contribution < 1.29 is 19.1 Å². The molecule has 1 aliphatic heterocycles. The number of thiazole rings is 1. The Morgan fingerprint density at radius 2 is 1.69 bits per heavy atom. The molecule has 0 radical (unpaired) electrons. The lowest BCUT2D eigenvalue weighted by Crippen LogP contribution is -2.29. The number of nitrogens with zero attached hydrogens (tertiary/aromatic N) is 2. The van der Waals surface area contributed by atoms with Gasteiger partial charge in [-0.15, -0.1) is 11.3 Å². The minimum absolute atomic E-state index is 0.146. The molecule has 7 nitrogen and oxygen atoms in total. The minimum atomic E-state index is -0.412. The Hall–Kier alpha value is -4.30. The second-order valence-corrected chi connectivity index (χ2v) is 9.33. The maximum absolute atomic E-state index is 13.0. The molecule has 3 aromatic carbocycles. The monoisotopic (exact) mass is 497 g/mol. The molecular weight excluding hydrogens is 474 g/mol. The standard InChI is InChI=1S/C28H23N3O4S/c1-35-22-10-7-19(8-11-22)16-31-27(33)23-12-9-20(14-24(23)28(31)34)26(32)29-15-21-17-36-25(30-21)13-18-5-3-2-4-6-18/h2-12,14,17H,13,15-16H2,1H3,(H,29,32). The number of hydrogen-bond donors (Lipinski definition) is 1. The third-order valence-corrected chi connectivity index (χ3v) is 6.86. The molecule has 0 fully saturated rings. The zero-order valence-electron chi connectivity index (χ0n) is 19.6. The zero-order valence-corrected chi connectivity index (χ0v) is 20.4. The molecule has 3 amide bonds. The topological polar surface area (TPSA) is 88.6 Å². The van der Waals surface area contributed by atoms with Crippen LogP contribution in [-0.4, -0.2) is 34.7 Å². The molecule has 0 spiro atoms. The first-order valence-electron chi connectivity index (χ1n) is 11.4. The largest absolute Gasteiger partial charge is 0.497 e. The Kier molecular flexibility index (Phi) is 6.60. The van der Waals surface area contributed by atoms with E-state index in [9.17, 15) is 14.4 Å². The van der Waals surface area contributed by atoms with E-state index in [-0.39, 0.29) is 30.5 Å². The Bertz CT molecular complexity index is 1430. The van der Waals surface area contributed by atoms with Crippen LogP contribution < -0.4 is 10.1 Å². The van der Waals surface area contributed by atoms with E-state index in [1.807, 2.05) is 35.7 Å². The summed E-state index contributed by atoms with van der Waals surface area (Å²) in [4.78, 5) is 44.4. The van der Waals surface area contributed by atoms with Crippen molar-refractivity contribution in [2.45, 2.75) is 19.5 Å². The number of aromatic nitrogens is 1. The summed E-state index contributed by atoms with van der Waals surface area (Å²) < 4.78 is 5.15. The molecule has 0 atom stereocenters. The molecule has 1 aromatic heterocycles. The molecule has 180 valence electrons. The van der Waals surface area contributed by atoms with E-state index < -0.39 is 5.91 Å². The number of rotatable bonds is 8. The van der Waals surface area contributed by atoms with Crippen molar-refractivity contribution in [3.05, 3.63) is 117 Å². The molecule has 0 bridgehead atoms. The van der Waals surface area contributed by atoms with E-state index in [0.717, 1.165) is 22.7 Å². The normalized spacial score (nSPS) is 12.5. The lowest BCUT2D eigenvalue weighted by molar-refractivity contribution is 0.0642. The molecule has 0 saturated heterocycles. The second kappa shape index (κ2) is 10.1. The van der Waals surface area contributed by atoms with Crippen molar-refractivity contribution in [3.63, 3.8) is 0 Å². The van der Waals surface area contributed by atoms with Gasteiger partial charge in [0.05, 0.1) is 42.0 Å². The fourth-order valence-corrected chi connectivity index (χ4v) is 4.87. The summed E-state index contributed by atoms with van der Waals surface area (Å²) >= 11 is 1.55. The van der Waals surface area contributed by atoms with Crippen LogP contribution in [0.25, 0.3) is 0 Å². The summed E-state index contributed by atoms with van der Waals surface area (Å²) in [6.45, 7) is 0.421. The molecule has 1 N–H and O–H groups in total. The van der Waals surface area contributed by atoms with E-state index >= 15 is 0 Å². The smallest absolute Gasteiger partial charge is 0.261 e. The first-order valence-corrected chi connectivity index (χ1v) is 12.3. The summed E-state index contributed by atoms with van der Waals surface area (Å²) in [6.07, 6.45) is 0.743. The second-order valence-electron chi connectivity index (χ2n) is 8.38. The molecule has 0 saturated carbocycles. The first-order chi connectivity index (χ1) is 17.5. The quantitative estimate of drug-likeness (QED) is 0.363. The average Bonchev–Trinajstić information content (AvgIpc) is 3.45. The number of amides is 3. The number of carbonyl (C=O) groups is 3. The first kappa shape index (κ1) is 23.4.